The number of hydrogen-bond donors (Lipinski definition) is 4. The van der Waals surface area contributed by atoms with Crippen LogP contribution in [0.5, 0.6) is 0 Å². The van der Waals surface area contributed by atoms with E-state index in [9.17, 15) is 0 Å². The molecule has 0 bridgehead atoms. The molecule has 1 aliphatic carbocycles. The number of thiocarbonyl (C=S) groups is 2. The van der Waals surface area contributed by atoms with E-state index >= 15 is 0 Å². The number of nitrogens with zero attached hydrogens (tertiary/aromatic N) is 2. The third-order valence-corrected chi connectivity index (χ3v) is 4.57. The molecule has 0 aliphatic heterocycles. The highest BCUT2D eigenvalue weighted by atomic mass is 32.1. The predicted octanol–water partition coefficient (Wildman–Crippen LogP) is 2.37. The molecule has 0 fully saturated rings. The maximum absolute atomic E-state index is 5.43. The van der Waals surface area contributed by atoms with Gasteiger partial charge in [-0.25, -0.2) is 0 Å². The maximum Gasteiger partial charge on any atom is 0.184 e. The molecule has 6 N–H and O–H groups in total. The maximum atomic E-state index is 5.43. The average Bonchev–Trinajstić information content (AvgIpc) is 3.00. The minimum Gasteiger partial charge on any atom is -0.375 e. The molecule has 3 rings (SSSR count). The first-order chi connectivity index (χ1) is 12.8. The minimum atomic E-state index is 0.150. The Morgan fingerprint density at radius 2 is 1.22 bits per heavy atom. The number of fused-ring (bicyclic) bond motifs is 3. The van der Waals surface area contributed by atoms with E-state index in [4.69, 9.17) is 35.9 Å². The average molecular weight is 397 g/mol. The summed E-state index contributed by atoms with van der Waals surface area (Å²) in [7, 11) is 0. The number of rotatable bonds is 4. The van der Waals surface area contributed by atoms with E-state index in [1.807, 2.05) is 13.8 Å². The fraction of sp³-hybridized carbons (Fsp3) is 0.158. The molecule has 2 aromatic rings. The number of benzene rings is 2. The van der Waals surface area contributed by atoms with E-state index in [2.05, 4.69) is 57.5 Å². The molecule has 0 heterocycles. The summed E-state index contributed by atoms with van der Waals surface area (Å²) in [5, 5.41) is 8.70. The zero-order valence-corrected chi connectivity index (χ0v) is 16.7. The lowest BCUT2D eigenvalue weighted by Crippen LogP contribution is -2.25. The van der Waals surface area contributed by atoms with Gasteiger partial charge in [0.25, 0.3) is 0 Å². The molecule has 1 aliphatic rings. The normalized spacial score (nSPS) is 13.0. The number of nitrogens with one attached hydrogen (secondary N) is 2. The first-order valence-corrected chi connectivity index (χ1v) is 9.13. The lowest BCUT2D eigenvalue weighted by Gasteiger charge is -2.06. The van der Waals surface area contributed by atoms with Gasteiger partial charge in [0.05, 0.1) is 11.4 Å². The molecule has 0 radical (unpaired) electrons. The van der Waals surface area contributed by atoms with E-state index in [1.165, 1.54) is 22.3 Å². The van der Waals surface area contributed by atoms with Crippen LogP contribution in [-0.4, -0.2) is 21.6 Å². The van der Waals surface area contributed by atoms with Crippen molar-refractivity contribution in [1.29, 1.82) is 0 Å². The lowest BCUT2D eigenvalue weighted by atomic mass is 10.0. The topological polar surface area (TPSA) is 101 Å². The zero-order chi connectivity index (χ0) is 19.6. The summed E-state index contributed by atoms with van der Waals surface area (Å²) >= 11 is 9.58. The monoisotopic (exact) mass is 396 g/mol. The number of nitrogens with two attached hydrogens (primary N) is 2. The second kappa shape index (κ2) is 7.81. The summed E-state index contributed by atoms with van der Waals surface area (Å²) in [4.78, 5) is 0. The molecular formula is C19H20N6S2. The molecular weight excluding hydrogens is 376 g/mol. The van der Waals surface area contributed by atoms with Gasteiger partial charge in [-0.3, -0.25) is 10.9 Å². The van der Waals surface area contributed by atoms with Crippen LogP contribution >= 0.6 is 24.4 Å². The van der Waals surface area contributed by atoms with E-state index in [-0.39, 0.29) is 10.2 Å². The second-order valence-corrected chi connectivity index (χ2v) is 7.15. The van der Waals surface area contributed by atoms with Crippen molar-refractivity contribution < 1.29 is 0 Å². The summed E-state index contributed by atoms with van der Waals surface area (Å²) in [5.41, 5.74) is 24.8. The Hall–Kier alpha value is -2.84. The van der Waals surface area contributed by atoms with Crippen LogP contribution in [-0.2, 0) is 6.42 Å². The van der Waals surface area contributed by atoms with Crippen LogP contribution in [0, 0.1) is 0 Å². The van der Waals surface area contributed by atoms with Crippen LogP contribution in [0.4, 0.5) is 0 Å². The zero-order valence-electron chi connectivity index (χ0n) is 15.0. The minimum absolute atomic E-state index is 0.150. The predicted molar refractivity (Wildman–Crippen MR) is 119 cm³/mol. The van der Waals surface area contributed by atoms with Gasteiger partial charge in [0.15, 0.2) is 10.2 Å². The third-order valence-electron chi connectivity index (χ3n) is 4.38. The standard InChI is InChI=1S/C19H20N6S2/c1-10(22-24-18(20)26)12-3-5-16-14(7-12)9-15-8-13(4-6-17(15)16)11(2)23-25-19(21)27/h3-8H,9H2,1-2H3,(H3,20,24,26)(H3,21,25,27)/b22-10+,23-11+. The molecule has 0 aromatic heterocycles. The first-order valence-electron chi connectivity index (χ1n) is 8.31. The molecule has 0 saturated carbocycles. The molecule has 0 atom stereocenters. The van der Waals surface area contributed by atoms with Crippen LogP contribution < -0.4 is 22.3 Å². The van der Waals surface area contributed by atoms with Crippen LogP contribution in [0.2, 0.25) is 0 Å². The van der Waals surface area contributed by atoms with Gasteiger partial charge in [0.2, 0.25) is 0 Å². The van der Waals surface area contributed by atoms with Crippen molar-refractivity contribution in [2.24, 2.45) is 21.7 Å². The smallest absolute Gasteiger partial charge is 0.184 e. The van der Waals surface area contributed by atoms with Crippen LogP contribution in [0.25, 0.3) is 11.1 Å². The third kappa shape index (κ3) is 4.29. The van der Waals surface area contributed by atoms with Crippen molar-refractivity contribution in [1.82, 2.24) is 10.9 Å². The van der Waals surface area contributed by atoms with Crippen molar-refractivity contribution in [3.8, 4) is 11.1 Å². The Balaban J connectivity index is 1.87. The van der Waals surface area contributed by atoms with Gasteiger partial charge in [-0.1, -0.05) is 24.3 Å². The molecule has 8 heteroatoms. The highest BCUT2D eigenvalue weighted by molar-refractivity contribution is 7.80. The molecule has 2 aromatic carbocycles. The van der Waals surface area contributed by atoms with Crippen molar-refractivity contribution in [2.45, 2.75) is 20.3 Å². The van der Waals surface area contributed by atoms with Gasteiger partial charge < -0.3 is 11.5 Å². The van der Waals surface area contributed by atoms with Crippen molar-refractivity contribution >= 4 is 46.1 Å². The van der Waals surface area contributed by atoms with Crippen molar-refractivity contribution in [3.05, 3.63) is 58.7 Å². The van der Waals surface area contributed by atoms with Crippen LogP contribution in [0.15, 0.2) is 46.6 Å². The Bertz CT molecular complexity index is 914. The van der Waals surface area contributed by atoms with Gasteiger partial charge >= 0.3 is 0 Å². The lowest BCUT2D eigenvalue weighted by molar-refractivity contribution is 1.03. The van der Waals surface area contributed by atoms with Crippen LogP contribution in [0.3, 0.4) is 0 Å². The van der Waals surface area contributed by atoms with Gasteiger partial charge in [-0.05, 0) is 90.2 Å². The molecule has 0 unspecified atom stereocenters. The number of hydrazone groups is 2. The quantitative estimate of drug-likeness (QED) is 0.307. The van der Waals surface area contributed by atoms with E-state index in [1.54, 1.807) is 0 Å². The molecule has 138 valence electrons. The van der Waals surface area contributed by atoms with Gasteiger partial charge in [-0.2, -0.15) is 10.2 Å². The Labute approximate surface area is 168 Å². The largest absolute Gasteiger partial charge is 0.375 e. The van der Waals surface area contributed by atoms with E-state index < -0.39 is 0 Å². The highest BCUT2D eigenvalue weighted by Gasteiger charge is 2.19. The highest BCUT2D eigenvalue weighted by Crippen LogP contribution is 2.37. The number of hydrogen-bond acceptors (Lipinski definition) is 4. The molecule has 27 heavy (non-hydrogen) atoms. The molecule has 0 amide bonds. The second-order valence-electron chi connectivity index (χ2n) is 6.27. The van der Waals surface area contributed by atoms with Crippen molar-refractivity contribution in [2.75, 3.05) is 0 Å². The summed E-state index contributed by atoms with van der Waals surface area (Å²) in [6.07, 6.45) is 0.859. The Morgan fingerprint density at radius 1 is 0.815 bits per heavy atom. The summed E-state index contributed by atoms with van der Waals surface area (Å²) in [6, 6.07) is 12.7. The fourth-order valence-corrected chi connectivity index (χ4v) is 3.16. The fourth-order valence-electron chi connectivity index (χ4n) is 3.07. The van der Waals surface area contributed by atoms with Gasteiger partial charge in [-0.15, -0.1) is 0 Å². The van der Waals surface area contributed by atoms with Crippen LogP contribution in [0.1, 0.15) is 36.1 Å². The summed E-state index contributed by atoms with van der Waals surface area (Å²) in [5.74, 6) is 0. The van der Waals surface area contributed by atoms with Gasteiger partial charge in [0.1, 0.15) is 0 Å². The molecule has 0 saturated heterocycles. The molecule has 6 nitrogen and oxygen atoms in total. The van der Waals surface area contributed by atoms with E-state index in [0.29, 0.717) is 0 Å². The Morgan fingerprint density at radius 3 is 1.59 bits per heavy atom. The summed E-state index contributed by atoms with van der Waals surface area (Å²) < 4.78 is 0. The Kier molecular flexibility index (Phi) is 5.48. The first kappa shape index (κ1) is 18.9. The van der Waals surface area contributed by atoms with E-state index in [0.717, 1.165) is 29.0 Å². The van der Waals surface area contributed by atoms with Crippen molar-refractivity contribution in [3.63, 3.8) is 0 Å². The summed E-state index contributed by atoms with van der Waals surface area (Å²) in [6.45, 7) is 3.84. The van der Waals surface area contributed by atoms with Gasteiger partial charge in [0, 0.05) is 0 Å². The SMILES string of the molecule is C/C(=N\NC(N)=S)c1ccc2c(c1)Cc1cc(/C(C)=N/NC(N)=S)ccc1-2. The molecule has 0 spiro atoms.